The zero-order chi connectivity index (χ0) is 24.0. The topological polar surface area (TPSA) is 120 Å². The van der Waals surface area contributed by atoms with Crippen molar-refractivity contribution >= 4 is 29.2 Å². The SMILES string of the molecule is COc1ccccc1NC(=O)c1ccc(NC(=O)COC(=O)c2c(C)noc2C(C)C)cc1. The lowest BCUT2D eigenvalue weighted by Crippen LogP contribution is -2.21. The highest BCUT2D eigenvalue weighted by Gasteiger charge is 2.24. The third-order valence-corrected chi connectivity index (χ3v) is 4.74. The van der Waals surface area contributed by atoms with Crippen molar-refractivity contribution in [1.29, 1.82) is 0 Å². The molecule has 2 amide bonds. The van der Waals surface area contributed by atoms with Gasteiger partial charge in [-0.15, -0.1) is 0 Å². The van der Waals surface area contributed by atoms with E-state index in [-0.39, 0.29) is 17.4 Å². The number of ether oxygens (including phenoxy) is 2. The molecule has 0 aliphatic rings. The lowest BCUT2D eigenvalue weighted by molar-refractivity contribution is -0.119. The number of hydrogen-bond acceptors (Lipinski definition) is 7. The van der Waals surface area contributed by atoms with Crippen LogP contribution in [0.5, 0.6) is 5.75 Å². The van der Waals surface area contributed by atoms with E-state index < -0.39 is 18.5 Å². The van der Waals surface area contributed by atoms with E-state index in [1.807, 2.05) is 13.8 Å². The molecule has 3 rings (SSSR count). The van der Waals surface area contributed by atoms with Gasteiger partial charge in [0.25, 0.3) is 11.8 Å². The van der Waals surface area contributed by atoms with Crippen LogP contribution >= 0.6 is 0 Å². The molecule has 0 unspecified atom stereocenters. The largest absolute Gasteiger partial charge is 0.495 e. The number of aryl methyl sites for hydroxylation is 1. The van der Waals surface area contributed by atoms with Gasteiger partial charge < -0.3 is 24.6 Å². The van der Waals surface area contributed by atoms with Crippen molar-refractivity contribution in [3.63, 3.8) is 0 Å². The molecule has 0 atom stereocenters. The number of aromatic nitrogens is 1. The van der Waals surface area contributed by atoms with Crippen LogP contribution in [0, 0.1) is 6.92 Å². The number of esters is 1. The second-order valence-electron chi connectivity index (χ2n) is 7.52. The van der Waals surface area contributed by atoms with Gasteiger partial charge in [-0.25, -0.2) is 4.79 Å². The van der Waals surface area contributed by atoms with Crippen LogP contribution in [0.3, 0.4) is 0 Å². The molecule has 3 aromatic rings. The van der Waals surface area contributed by atoms with Crippen molar-refractivity contribution in [2.45, 2.75) is 26.7 Å². The number of anilines is 2. The van der Waals surface area contributed by atoms with Gasteiger partial charge >= 0.3 is 5.97 Å². The first-order chi connectivity index (χ1) is 15.8. The zero-order valence-electron chi connectivity index (χ0n) is 18.8. The molecule has 1 aromatic heterocycles. The normalized spacial score (nSPS) is 10.6. The van der Waals surface area contributed by atoms with Crippen molar-refractivity contribution in [3.05, 3.63) is 71.1 Å². The molecule has 9 nitrogen and oxygen atoms in total. The van der Waals surface area contributed by atoms with Gasteiger partial charge in [0, 0.05) is 17.2 Å². The average Bonchev–Trinajstić information content (AvgIpc) is 3.20. The molecule has 172 valence electrons. The summed E-state index contributed by atoms with van der Waals surface area (Å²) in [6.07, 6.45) is 0. The van der Waals surface area contributed by atoms with Gasteiger partial charge in [0.1, 0.15) is 11.3 Å². The molecule has 9 heteroatoms. The molecule has 1 heterocycles. The summed E-state index contributed by atoms with van der Waals surface area (Å²) in [6, 6.07) is 13.4. The first-order valence-corrected chi connectivity index (χ1v) is 10.3. The van der Waals surface area contributed by atoms with E-state index in [1.165, 1.54) is 7.11 Å². The molecule has 0 aliphatic heterocycles. The van der Waals surface area contributed by atoms with Crippen molar-refractivity contribution in [2.75, 3.05) is 24.4 Å². The molecule has 2 aromatic carbocycles. The summed E-state index contributed by atoms with van der Waals surface area (Å²) in [5.41, 5.74) is 2.05. The van der Waals surface area contributed by atoms with Crippen LogP contribution in [0.1, 0.15) is 51.9 Å². The fourth-order valence-corrected chi connectivity index (χ4v) is 3.08. The number of amides is 2. The molecular formula is C24H25N3O6. The summed E-state index contributed by atoms with van der Waals surface area (Å²) in [7, 11) is 1.52. The molecule has 0 saturated heterocycles. The van der Waals surface area contributed by atoms with E-state index in [0.29, 0.717) is 34.1 Å². The fraction of sp³-hybridized carbons (Fsp3) is 0.250. The lowest BCUT2D eigenvalue weighted by Gasteiger charge is -2.10. The Morgan fingerprint density at radius 3 is 2.39 bits per heavy atom. The van der Waals surface area contributed by atoms with Crippen LogP contribution in [0.15, 0.2) is 53.1 Å². The summed E-state index contributed by atoms with van der Waals surface area (Å²) in [5, 5.41) is 9.20. The molecule has 0 radical (unpaired) electrons. The molecule has 33 heavy (non-hydrogen) atoms. The highest BCUT2D eigenvalue weighted by Crippen LogP contribution is 2.24. The maximum absolute atomic E-state index is 12.5. The summed E-state index contributed by atoms with van der Waals surface area (Å²) >= 11 is 0. The van der Waals surface area contributed by atoms with Crippen molar-refractivity contribution in [3.8, 4) is 5.75 Å². The predicted molar refractivity (Wildman–Crippen MR) is 122 cm³/mol. The van der Waals surface area contributed by atoms with Gasteiger partial charge in [0.15, 0.2) is 12.4 Å². The minimum atomic E-state index is -0.670. The van der Waals surface area contributed by atoms with E-state index in [9.17, 15) is 14.4 Å². The van der Waals surface area contributed by atoms with Gasteiger partial charge in [-0.05, 0) is 43.3 Å². The number of nitrogens with one attached hydrogen (secondary N) is 2. The highest BCUT2D eigenvalue weighted by atomic mass is 16.5. The third kappa shape index (κ3) is 5.76. The van der Waals surface area contributed by atoms with Gasteiger partial charge in [-0.3, -0.25) is 9.59 Å². The van der Waals surface area contributed by atoms with Crippen LogP contribution in [0.25, 0.3) is 0 Å². The quantitative estimate of drug-likeness (QED) is 0.493. The Morgan fingerprint density at radius 1 is 1.03 bits per heavy atom. The van der Waals surface area contributed by atoms with Gasteiger partial charge in [-0.1, -0.05) is 31.1 Å². The Morgan fingerprint density at radius 2 is 1.73 bits per heavy atom. The average molecular weight is 451 g/mol. The van der Waals surface area contributed by atoms with E-state index in [4.69, 9.17) is 14.0 Å². The maximum Gasteiger partial charge on any atom is 0.344 e. The Bertz CT molecular complexity index is 1150. The first kappa shape index (κ1) is 23.5. The van der Waals surface area contributed by atoms with Crippen LogP contribution in [0.2, 0.25) is 0 Å². The van der Waals surface area contributed by atoms with Crippen LogP contribution < -0.4 is 15.4 Å². The number of carbonyl (C=O) groups is 3. The molecule has 0 fully saturated rings. The van der Waals surface area contributed by atoms with Crippen LogP contribution in [0.4, 0.5) is 11.4 Å². The maximum atomic E-state index is 12.5. The number of benzene rings is 2. The molecule has 0 saturated carbocycles. The number of hydrogen-bond donors (Lipinski definition) is 2. The number of rotatable bonds is 8. The van der Waals surface area contributed by atoms with E-state index in [2.05, 4.69) is 15.8 Å². The number of nitrogens with zero attached hydrogens (tertiary/aromatic N) is 1. The van der Waals surface area contributed by atoms with Gasteiger partial charge in [0.2, 0.25) is 0 Å². The Kier molecular flexibility index (Phi) is 7.45. The van der Waals surface area contributed by atoms with Crippen LogP contribution in [-0.4, -0.2) is 36.7 Å². The van der Waals surface area contributed by atoms with E-state index in [1.54, 1.807) is 55.5 Å². The smallest absolute Gasteiger partial charge is 0.344 e. The van der Waals surface area contributed by atoms with E-state index >= 15 is 0 Å². The standard InChI is InChI=1S/C24H25N3O6/c1-14(2)22-21(15(3)27-33-22)24(30)32-13-20(28)25-17-11-9-16(10-12-17)23(29)26-18-7-5-6-8-19(18)31-4/h5-12,14H,13H2,1-4H3,(H,25,28)(H,26,29). The monoisotopic (exact) mass is 451 g/mol. The second kappa shape index (κ2) is 10.4. The Balaban J connectivity index is 1.55. The zero-order valence-corrected chi connectivity index (χ0v) is 18.8. The fourth-order valence-electron chi connectivity index (χ4n) is 3.08. The van der Waals surface area contributed by atoms with Crippen molar-refractivity contribution in [1.82, 2.24) is 5.16 Å². The van der Waals surface area contributed by atoms with Gasteiger partial charge in [-0.2, -0.15) is 0 Å². The Hall–Kier alpha value is -4.14. The number of carbonyl (C=O) groups excluding carboxylic acids is 3. The van der Waals surface area contributed by atoms with Crippen molar-refractivity contribution < 1.29 is 28.4 Å². The number of para-hydroxylation sites is 2. The molecule has 2 N–H and O–H groups in total. The lowest BCUT2D eigenvalue weighted by atomic mass is 10.1. The number of methoxy groups -OCH3 is 1. The van der Waals surface area contributed by atoms with Crippen LogP contribution in [-0.2, 0) is 9.53 Å². The molecular weight excluding hydrogens is 426 g/mol. The second-order valence-corrected chi connectivity index (χ2v) is 7.52. The Labute approximate surface area is 191 Å². The summed E-state index contributed by atoms with van der Waals surface area (Å²) in [5.74, 6) is -0.602. The molecule has 0 spiro atoms. The summed E-state index contributed by atoms with van der Waals surface area (Å²) in [6.45, 7) is 4.89. The predicted octanol–water partition coefficient (Wildman–Crippen LogP) is 4.16. The molecule has 0 aliphatic carbocycles. The molecule has 0 bridgehead atoms. The summed E-state index contributed by atoms with van der Waals surface area (Å²) in [4.78, 5) is 37.1. The third-order valence-electron chi connectivity index (χ3n) is 4.74. The minimum absolute atomic E-state index is 0.0544. The summed E-state index contributed by atoms with van der Waals surface area (Å²) < 4.78 is 15.5. The minimum Gasteiger partial charge on any atom is -0.495 e. The van der Waals surface area contributed by atoms with Crippen molar-refractivity contribution in [2.24, 2.45) is 0 Å². The van der Waals surface area contributed by atoms with Gasteiger partial charge in [0.05, 0.1) is 18.5 Å². The highest BCUT2D eigenvalue weighted by molar-refractivity contribution is 6.05. The van der Waals surface area contributed by atoms with E-state index in [0.717, 1.165) is 0 Å². The first-order valence-electron chi connectivity index (χ1n) is 10.3.